The maximum absolute atomic E-state index is 13.6. The van der Waals surface area contributed by atoms with E-state index >= 15 is 0 Å². The third-order valence-electron chi connectivity index (χ3n) is 6.04. The number of carbonyl (C=O) groups excluding carboxylic acids is 1. The quantitative estimate of drug-likeness (QED) is 0.290. The molecule has 0 saturated carbocycles. The maximum Gasteiger partial charge on any atom is 0.516 e. The number of alkyl halides is 3. The number of carbonyl (C=O) groups is 1. The van der Waals surface area contributed by atoms with Crippen LogP contribution in [0.2, 0.25) is 0 Å². The molecule has 0 unspecified atom stereocenters. The minimum atomic E-state index is -5.64. The summed E-state index contributed by atoms with van der Waals surface area (Å²) in [4.78, 5) is 14.7. The summed E-state index contributed by atoms with van der Waals surface area (Å²) in [6.45, 7) is 1.71. The van der Waals surface area contributed by atoms with Crippen LogP contribution in [-0.4, -0.2) is 48.5 Å². The van der Waals surface area contributed by atoms with Gasteiger partial charge < -0.3 is 15.7 Å². The summed E-state index contributed by atoms with van der Waals surface area (Å²) in [5.41, 5.74) is 2.14. The minimum absolute atomic E-state index is 0.00887. The molecule has 1 amide bonds. The fourth-order valence-electron chi connectivity index (χ4n) is 3.96. The Labute approximate surface area is 228 Å². The highest BCUT2D eigenvalue weighted by Gasteiger charge is 2.46. The molecule has 3 rings (SSSR count). The Bertz CT molecular complexity index is 1410. The normalized spacial score (nSPS) is 13.5. The molecular weight excluding hydrogens is 557 g/mol. The fourth-order valence-corrected chi connectivity index (χ4v) is 4.52. The van der Waals surface area contributed by atoms with Crippen LogP contribution in [0, 0.1) is 11.6 Å². The molecule has 40 heavy (non-hydrogen) atoms. The third-order valence-corrected chi connectivity index (χ3v) is 7.16. The molecule has 0 radical (unpaired) electrons. The second kappa shape index (κ2) is 12.7. The number of halogens is 5. The molecule has 0 aromatic heterocycles. The number of nitrogens with one attached hydrogen (secondary N) is 1. The summed E-state index contributed by atoms with van der Waals surface area (Å²) in [5, 5.41) is 10.8. The average Bonchev–Trinajstić information content (AvgIpc) is 2.87. The first-order valence-corrected chi connectivity index (χ1v) is 13.6. The van der Waals surface area contributed by atoms with E-state index in [9.17, 15) is 40.3 Å². The van der Waals surface area contributed by atoms with Gasteiger partial charge in [0.1, 0.15) is 11.6 Å². The lowest BCUT2D eigenvalue weighted by Gasteiger charge is -2.28. The van der Waals surface area contributed by atoms with Gasteiger partial charge in [-0.1, -0.05) is 31.2 Å². The lowest BCUT2D eigenvalue weighted by atomic mass is 10.0. The Hall–Kier alpha value is -3.55. The van der Waals surface area contributed by atoms with Gasteiger partial charge in [0.2, 0.25) is 0 Å². The van der Waals surface area contributed by atoms with Crippen LogP contribution in [0.4, 0.5) is 27.6 Å². The monoisotopic (exact) mass is 585 g/mol. The van der Waals surface area contributed by atoms with E-state index in [4.69, 9.17) is 5.73 Å². The standard InChI is InChI=1S/C27H28F5N3O4S/c1-2-17-4-3-5-18(10-17)15-35(16-25(36)24(33)13-19-11-21(28)14-22(29)12-19)26(37)20-6-8-23(9-7-20)34-40(38,39)27(30,31)32/h3-12,14,24-25,34,36H,2,13,15-16,33H2,1H3/t24-,25+/m0/s1. The average molecular weight is 586 g/mol. The minimum Gasteiger partial charge on any atom is -0.390 e. The largest absolute Gasteiger partial charge is 0.516 e. The predicted molar refractivity (Wildman–Crippen MR) is 140 cm³/mol. The summed E-state index contributed by atoms with van der Waals surface area (Å²) in [7, 11) is -5.64. The molecule has 0 aliphatic heterocycles. The Kier molecular flexibility index (Phi) is 9.87. The number of amides is 1. The third kappa shape index (κ3) is 8.23. The number of nitrogens with two attached hydrogens (primary N) is 1. The summed E-state index contributed by atoms with van der Waals surface area (Å²) in [6.07, 6.45) is -0.672. The summed E-state index contributed by atoms with van der Waals surface area (Å²) < 4.78 is 89.3. The van der Waals surface area contributed by atoms with Crippen molar-refractivity contribution in [2.75, 3.05) is 11.3 Å². The number of rotatable bonds is 11. The number of sulfonamides is 1. The van der Waals surface area contributed by atoms with Crippen molar-refractivity contribution in [2.24, 2.45) is 5.73 Å². The highest BCUT2D eigenvalue weighted by molar-refractivity contribution is 7.93. The highest BCUT2D eigenvalue weighted by Crippen LogP contribution is 2.26. The van der Waals surface area contributed by atoms with Crippen LogP contribution in [-0.2, 0) is 29.4 Å². The van der Waals surface area contributed by atoms with Gasteiger partial charge in [0.05, 0.1) is 6.10 Å². The topological polar surface area (TPSA) is 113 Å². The van der Waals surface area contributed by atoms with Gasteiger partial charge >= 0.3 is 15.5 Å². The van der Waals surface area contributed by atoms with Crippen LogP contribution in [0.15, 0.2) is 66.7 Å². The number of hydrogen-bond acceptors (Lipinski definition) is 5. The summed E-state index contributed by atoms with van der Waals surface area (Å²) >= 11 is 0. The molecule has 7 nitrogen and oxygen atoms in total. The number of aliphatic hydroxyl groups excluding tert-OH is 1. The van der Waals surface area contributed by atoms with Crippen LogP contribution >= 0.6 is 0 Å². The Morgan fingerprint density at radius 2 is 1.57 bits per heavy atom. The molecule has 0 saturated heterocycles. The van der Waals surface area contributed by atoms with E-state index < -0.39 is 50.9 Å². The number of aliphatic hydroxyl groups is 1. The SMILES string of the molecule is CCc1cccc(CN(C[C@@H](O)[C@@H](N)Cc2cc(F)cc(F)c2)C(=O)c2ccc(NS(=O)(=O)C(F)(F)F)cc2)c1. The van der Waals surface area contributed by atoms with Gasteiger partial charge in [-0.2, -0.15) is 21.6 Å². The van der Waals surface area contributed by atoms with E-state index in [1.807, 2.05) is 19.1 Å². The van der Waals surface area contributed by atoms with Crippen molar-refractivity contribution in [1.82, 2.24) is 4.90 Å². The van der Waals surface area contributed by atoms with Gasteiger partial charge in [0, 0.05) is 36.4 Å². The number of anilines is 1. The van der Waals surface area contributed by atoms with Crippen LogP contribution in [0.3, 0.4) is 0 Å². The van der Waals surface area contributed by atoms with Crippen molar-refractivity contribution in [3.63, 3.8) is 0 Å². The Balaban J connectivity index is 1.82. The van der Waals surface area contributed by atoms with Crippen molar-refractivity contribution in [3.8, 4) is 0 Å². The van der Waals surface area contributed by atoms with E-state index in [1.165, 1.54) is 9.62 Å². The second-order valence-electron chi connectivity index (χ2n) is 9.20. The molecule has 0 heterocycles. The van der Waals surface area contributed by atoms with E-state index in [-0.39, 0.29) is 30.6 Å². The molecule has 3 aromatic rings. The molecule has 0 fully saturated rings. The first-order valence-electron chi connectivity index (χ1n) is 12.1. The first kappa shape index (κ1) is 31.0. The fraction of sp³-hybridized carbons (Fsp3) is 0.296. The van der Waals surface area contributed by atoms with Gasteiger partial charge in [-0.25, -0.2) is 8.78 Å². The molecule has 3 aromatic carbocycles. The van der Waals surface area contributed by atoms with Crippen LogP contribution < -0.4 is 10.5 Å². The van der Waals surface area contributed by atoms with Gasteiger partial charge in [-0.15, -0.1) is 0 Å². The first-order chi connectivity index (χ1) is 18.7. The lowest BCUT2D eigenvalue weighted by Crippen LogP contribution is -2.46. The molecule has 13 heteroatoms. The Morgan fingerprint density at radius 3 is 2.15 bits per heavy atom. The van der Waals surface area contributed by atoms with E-state index in [0.29, 0.717) is 6.07 Å². The van der Waals surface area contributed by atoms with Crippen molar-refractivity contribution in [3.05, 3.63) is 101 Å². The smallest absolute Gasteiger partial charge is 0.390 e. The van der Waals surface area contributed by atoms with E-state index in [1.54, 1.807) is 12.1 Å². The predicted octanol–water partition coefficient (Wildman–Crippen LogP) is 4.36. The van der Waals surface area contributed by atoms with Crippen LogP contribution in [0.25, 0.3) is 0 Å². The summed E-state index contributed by atoms with van der Waals surface area (Å²) in [6, 6.07) is 13.5. The summed E-state index contributed by atoms with van der Waals surface area (Å²) in [5.74, 6) is -2.22. The number of nitrogens with zero attached hydrogens (tertiary/aromatic N) is 1. The van der Waals surface area contributed by atoms with Gasteiger partial charge in [0.15, 0.2) is 0 Å². The molecule has 0 bridgehead atoms. The van der Waals surface area contributed by atoms with Crippen LogP contribution in [0.5, 0.6) is 0 Å². The second-order valence-corrected chi connectivity index (χ2v) is 10.9. The van der Waals surface area contributed by atoms with Gasteiger partial charge in [0.25, 0.3) is 5.91 Å². The zero-order valence-electron chi connectivity index (χ0n) is 21.3. The van der Waals surface area contributed by atoms with Crippen molar-refractivity contribution < 1.29 is 40.3 Å². The van der Waals surface area contributed by atoms with E-state index in [0.717, 1.165) is 53.9 Å². The highest BCUT2D eigenvalue weighted by atomic mass is 32.2. The molecule has 216 valence electrons. The van der Waals surface area contributed by atoms with Gasteiger partial charge in [-0.3, -0.25) is 9.52 Å². The Morgan fingerprint density at radius 1 is 0.975 bits per heavy atom. The number of hydrogen-bond donors (Lipinski definition) is 3. The molecule has 2 atom stereocenters. The molecule has 0 aliphatic rings. The zero-order valence-corrected chi connectivity index (χ0v) is 22.1. The lowest BCUT2D eigenvalue weighted by molar-refractivity contribution is -0.0429. The van der Waals surface area contributed by atoms with Crippen molar-refractivity contribution in [2.45, 2.75) is 44.0 Å². The molecule has 0 aliphatic carbocycles. The van der Waals surface area contributed by atoms with Gasteiger partial charge in [-0.05, 0) is 65.9 Å². The molecular formula is C27H28F5N3O4S. The zero-order chi connectivity index (χ0) is 29.7. The molecule has 0 spiro atoms. The maximum atomic E-state index is 13.6. The van der Waals surface area contributed by atoms with Crippen molar-refractivity contribution in [1.29, 1.82) is 0 Å². The van der Waals surface area contributed by atoms with Crippen LogP contribution in [0.1, 0.15) is 34.0 Å². The van der Waals surface area contributed by atoms with Crippen molar-refractivity contribution >= 4 is 21.6 Å². The molecule has 4 N–H and O–H groups in total. The number of benzene rings is 3. The van der Waals surface area contributed by atoms with E-state index in [2.05, 4.69) is 0 Å². The number of aryl methyl sites for hydroxylation is 1.